The standard InChI is InChI=1S/C9H7ClN2O2/c1-12-4-5(9(13)14)8-6(12)2-3-7(10)11-8/h2-4H,1H3,(H,13,14). The summed E-state index contributed by atoms with van der Waals surface area (Å²) in [6.07, 6.45) is 1.52. The van der Waals surface area contributed by atoms with Crippen molar-refractivity contribution >= 4 is 28.6 Å². The molecule has 0 saturated carbocycles. The lowest BCUT2D eigenvalue weighted by atomic mass is 10.3. The zero-order chi connectivity index (χ0) is 10.3. The van der Waals surface area contributed by atoms with Gasteiger partial charge < -0.3 is 9.67 Å². The number of nitrogens with zero attached hydrogens (tertiary/aromatic N) is 2. The minimum Gasteiger partial charge on any atom is -0.478 e. The Bertz CT molecular complexity index is 519. The van der Waals surface area contributed by atoms with E-state index in [0.717, 1.165) is 5.52 Å². The van der Waals surface area contributed by atoms with Gasteiger partial charge in [0, 0.05) is 13.2 Å². The van der Waals surface area contributed by atoms with Gasteiger partial charge in [-0.25, -0.2) is 9.78 Å². The molecule has 0 fully saturated rings. The SMILES string of the molecule is Cn1cc(C(=O)O)c2nc(Cl)ccc21. The highest BCUT2D eigenvalue weighted by atomic mass is 35.5. The van der Waals surface area contributed by atoms with Crippen LogP contribution in [0.3, 0.4) is 0 Å². The molecule has 0 amide bonds. The number of pyridine rings is 1. The summed E-state index contributed by atoms with van der Waals surface area (Å²) in [5.41, 5.74) is 1.35. The molecule has 0 aliphatic heterocycles. The largest absolute Gasteiger partial charge is 0.478 e. The van der Waals surface area contributed by atoms with Gasteiger partial charge >= 0.3 is 5.97 Å². The predicted molar refractivity (Wildman–Crippen MR) is 52.7 cm³/mol. The Morgan fingerprint density at radius 1 is 1.57 bits per heavy atom. The summed E-state index contributed by atoms with van der Waals surface area (Å²) < 4.78 is 1.71. The van der Waals surface area contributed by atoms with Crippen LogP contribution >= 0.6 is 11.6 Å². The van der Waals surface area contributed by atoms with Crippen molar-refractivity contribution in [2.75, 3.05) is 0 Å². The van der Waals surface area contributed by atoms with E-state index in [2.05, 4.69) is 4.98 Å². The average Bonchev–Trinajstić information content (AvgIpc) is 2.43. The van der Waals surface area contributed by atoms with Crippen molar-refractivity contribution in [1.82, 2.24) is 9.55 Å². The van der Waals surface area contributed by atoms with Gasteiger partial charge in [-0.3, -0.25) is 0 Å². The molecule has 2 aromatic rings. The first-order chi connectivity index (χ1) is 6.59. The number of hydrogen-bond donors (Lipinski definition) is 1. The van der Waals surface area contributed by atoms with Crippen LogP contribution in [-0.4, -0.2) is 20.6 Å². The van der Waals surface area contributed by atoms with Crippen LogP contribution in [-0.2, 0) is 7.05 Å². The van der Waals surface area contributed by atoms with E-state index in [0.29, 0.717) is 10.7 Å². The van der Waals surface area contributed by atoms with Gasteiger partial charge in [-0.2, -0.15) is 0 Å². The van der Waals surface area contributed by atoms with E-state index in [4.69, 9.17) is 16.7 Å². The van der Waals surface area contributed by atoms with E-state index in [-0.39, 0.29) is 5.56 Å². The lowest BCUT2D eigenvalue weighted by molar-refractivity contribution is 0.0698. The lowest BCUT2D eigenvalue weighted by Crippen LogP contribution is -1.94. The summed E-state index contributed by atoms with van der Waals surface area (Å²) in [5, 5.41) is 9.19. The molecule has 0 bridgehead atoms. The van der Waals surface area contributed by atoms with Gasteiger partial charge in [-0.1, -0.05) is 11.6 Å². The van der Waals surface area contributed by atoms with Gasteiger partial charge in [0.2, 0.25) is 0 Å². The number of carboxylic acids is 1. The topological polar surface area (TPSA) is 55.1 Å². The zero-order valence-electron chi connectivity index (χ0n) is 7.36. The lowest BCUT2D eigenvalue weighted by Gasteiger charge is -1.94. The molecule has 0 unspecified atom stereocenters. The van der Waals surface area contributed by atoms with Crippen molar-refractivity contribution in [2.24, 2.45) is 7.05 Å². The molecule has 0 saturated heterocycles. The van der Waals surface area contributed by atoms with Crippen LogP contribution in [0.25, 0.3) is 11.0 Å². The van der Waals surface area contributed by atoms with E-state index < -0.39 is 5.97 Å². The van der Waals surface area contributed by atoms with Gasteiger partial charge in [0.25, 0.3) is 0 Å². The number of fused-ring (bicyclic) bond motifs is 1. The quantitative estimate of drug-likeness (QED) is 0.732. The van der Waals surface area contributed by atoms with E-state index in [9.17, 15) is 4.79 Å². The second kappa shape index (κ2) is 2.99. The summed E-state index contributed by atoms with van der Waals surface area (Å²) >= 11 is 5.69. The third kappa shape index (κ3) is 1.24. The van der Waals surface area contributed by atoms with Crippen LogP contribution in [0.2, 0.25) is 5.15 Å². The Labute approximate surface area is 84.7 Å². The predicted octanol–water partition coefficient (Wildman–Crippen LogP) is 1.92. The normalized spacial score (nSPS) is 10.7. The summed E-state index contributed by atoms with van der Waals surface area (Å²) in [6.45, 7) is 0. The number of hydrogen-bond acceptors (Lipinski definition) is 2. The Morgan fingerprint density at radius 3 is 2.93 bits per heavy atom. The minimum atomic E-state index is -0.995. The van der Waals surface area contributed by atoms with Gasteiger partial charge in [-0.15, -0.1) is 0 Å². The van der Waals surface area contributed by atoms with Crippen molar-refractivity contribution in [2.45, 2.75) is 0 Å². The maximum atomic E-state index is 10.8. The second-order valence-corrected chi connectivity index (χ2v) is 3.35. The monoisotopic (exact) mass is 210 g/mol. The Kier molecular flexibility index (Phi) is 1.93. The fraction of sp³-hybridized carbons (Fsp3) is 0.111. The molecule has 0 aliphatic rings. The number of halogens is 1. The highest BCUT2D eigenvalue weighted by molar-refractivity contribution is 6.29. The van der Waals surface area contributed by atoms with Gasteiger partial charge in [0.1, 0.15) is 16.2 Å². The maximum Gasteiger partial charge on any atom is 0.339 e. The molecular weight excluding hydrogens is 204 g/mol. The van der Waals surface area contributed by atoms with Crippen molar-refractivity contribution < 1.29 is 9.90 Å². The number of rotatable bonds is 1. The first-order valence-electron chi connectivity index (χ1n) is 3.94. The molecule has 0 spiro atoms. The third-order valence-corrected chi connectivity index (χ3v) is 2.24. The molecule has 5 heteroatoms. The smallest absolute Gasteiger partial charge is 0.339 e. The Morgan fingerprint density at radius 2 is 2.29 bits per heavy atom. The van der Waals surface area contributed by atoms with Gasteiger partial charge in [0.05, 0.1) is 5.52 Å². The zero-order valence-corrected chi connectivity index (χ0v) is 8.12. The number of aryl methyl sites for hydroxylation is 1. The van der Waals surface area contributed by atoms with Crippen molar-refractivity contribution in [3.05, 3.63) is 29.0 Å². The molecule has 2 rings (SSSR count). The molecule has 0 aliphatic carbocycles. The second-order valence-electron chi connectivity index (χ2n) is 2.96. The molecular formula is C9H7ClN2O2. The van der Waals surface area contributed by atoms with E-state index in [1.165, 1.54) is 6.20 Å². The highest BCUT2D eigenvalue weighted by Crippen LogP contribution is 2.20. The Hall–Kier alpha value is -1.55. The highest BCUT2D eigenvalue weighted by Gasteiger charge is 2.13. The van der Waals surface area contributed by atoms with E-state index in [1.54, 1.807) is 23.7 Å². The molecule has 2 aromatic heterocycles. The van der Waals surface area contributed by atoms with Gasteiger partial charge in [-0.05, 0) is 12.1 Å². The summed E-state index contributed by atoms with van der Waals surface area (Å²) in [4.78, 5) is 14.8. The molecule has 14 heavy (non-hydrogen) atoms. The molecule has 1 N–H and O–H groups in total. The van der Waals surface area contributed by atoms with Crippen LogP contribution in [0, 0.1) is 0 Å². The maximum absolute atomic E-state index is 10.8. The fourth-order valence-corrected chi connectivity index (χ4v) is 1.54. The third-order valence-electron chi connectivity index (χ3n) is 2.03. The number of aromatic carboxylic acids is 1. The summed E-state index contributed by atoms with van der Waals surface area (Å²) in [6, 6.07) is 3.38. The number of carboxylic acid groups (broad SMARTS) is 1. The van der Waals surface area contributed by atoms with Crippen molar-refractivity contribution in [3.63, 3.8) is 0 Å². The molecule has 0 aromatic carbocycles. The van der Waals surface area contributed by atoms with Crippen molar-refractivity contribution in [1.29, 1.82) is 0 Å². The molecule has 0 radical (unpaired) electrons. The summed E-state index contributed by atoms with van der Waals surface area (Å²) in [5.74, 6) is -0.995. The first-order valence-corrected chi connectivity index (χ1v) is 4.32. The van der Waals surface area contributed by atoms with Crippen LogP contribution in [0.5, 0.6) is 0 Å². The molecule has 2 heterocycles. The molecule has 0 atom stereocenters. The average molecular weight is 211 g/mol. The van der Waals surface area contributed by atoms with Crippen LogP contribution in [0.4, 0.5) is 0 Å². The Balaban J connectivity index is 2.85. The van der Waals surface area contributed by atoms with Gasteiger partial charge in [0.15, 0.2) is 0 Å². The first kappa shape index (κ1) is 9.02. The van der Waals surface area contributed by atoms with Crippen LogP contribution < -0.4 is 0 Å². The van der Waals surface area contributed by atoms with Crippen LogP contribution in [0.15, 0.2) is 18.3 Å². The number of carbonyl (C=O) groups is 1. The van der Waals surface area contributed by atoms with E-state index >= 15 is 0 Å². The molecule has 72 valence electrons. The van der Waals surface area contributed by atoms with E-state index in [1.807, 2.05) is 0 Å². The summed E-state index contributed by atoms with van der Waals surface area (Å²) in [7, 11) is 1.77. The van der Waals surface area contributed by atoms with Crippen LogP contribution in [0.1, 0.15) is 10.4 Å². The number of aromatic nitrogens is 2. The molecule has 4 nitrogen and oxygen atoms in total. The van der Waals surface area contributed by atoms with Crippen molar-refractivity contribution in [3.8, 4) is 0 Å². The minimum absolute atomic E-state index is 0.171. The fourth-order valence-electron chi connectivity index (χ4n) is 1.39.